The number of amides is 1. The Hall–Kier alpha value is -3.22. The zero-order valence-corrected chi connectivity index (χ0v) is 17.9. The van der Waals surface area contributed by atoms with Crippen LogP contribution in [-0.2, 0) is 17.9 Å². The molecule has 0 aromatic heterocycles. The van der Waals surface area contributed by atoms with Crippen LogP contribution in [0.5, 0.6) is 11.5 Å². The quantitative estimate of drug-likeness (QED) is 0.467. The topological polar surface area (TPSA) is 84.0 Å². The van der Waals surface area contributed by atoms with E-state index in [0.717, 1.165) is 66.5 Å². The van der Waals surface area contributed by atoms with Crippen LogP contribution in [0.3, 0.4) is 0 Å². The lowest BCUT2D eigenvalue weighted by Crippen LogP contribution is -2.36. The van der Waals surface area contributed by atoms with Gasteiger partial charge < -0.3 is 25.4 Å². The molecule has 1 aliphatic heterocycles. The highest BCUT2D eigenvalue weighted by Crippen LogP contribution is 2.32. The summed E-state index contributed by atoms with van der Waals surface area (Å²) in [6.07, 6.45) is 4.30. The van der Waals surface area contributed by atoms with Gasteiger partial charge >= 0.3 is 0 Å². The summed E-state index contributed by atoms with van der Waals surface area (Å²) in [7, 11) is 0. The second kappa shape index (κ2) is 10.2. The maximum absolute atomic E-state index is 12.4. The molecule has 0 spiro atoms. The number of carbonyl (C=O) groups is 1. The summed E-state index contributed by atoms with van der Waals surface area (Å²) in [4.78, 5) is 17.1. The number of carbonyl (C=O) groups excluding carboxylic acids is 1. The zero-order chi connectivity index (χ0) is 21.5. The summed E-state index contributed by atoms with van der Waals surface area (Å²) < 4.78 is 10.8. The maximum Gasteiger partial charge on any atom is 0.231 e. The molecule has 0 radical (unpaired) electrons. The van der Waals surface area contributed by atoms with Gasteiger partial charge in [0.05, 0.1) is 6.54 Å². The van der Waals surface area contributed by atoms with Crippen LogP contribution in [0.4, 0.5) is 5.69 Å². The van der Waals surface area contributed by atoms with E-state index in [1.165, 1.54) is 0 Å². The van der Waals surface area contributed by atoms with Crippen LogP contribution in [0.2, 0.25) is 0 Å². The first-order valence-electron chi connectivity index (χ1n) is 11.0. The van der Waals surface area contributed by atoms with Crippen LogP contribution >= 0.6 is 0 Å². The van der Waals surface area contributed by atoms with Gasteiger partial charge in [-0.3, -0.25) is 4.79 Å². The van der Waals surface area contributed by atoms with Crippen molar-refractivity contribution in [3.05, 3.63) is 53.6 Å². The Bertz CT molecular complexity index is 938. The third kappa shape index (κ3) is 5.69. The largest absolute Gasteiger partial charge is 0.454 e. The van der Waals surface area contributed by atoms with Gasteiger partial charge in [-0.05, 0) is 55.2 Å². The second-order valence-corrected chi connectivity index (χ2v) is 7.91. The summed E-state index contributed by atoms with van der Waals surface area (Å²) >= 11 is 0. The van der Waals surface area contributed by atoms with Gasteiger partial charge in [0.15, 0.2) is 17.5 Å². The number of nitrogens with one attached hydrogen (secondary N) is 3. The number of nitrogens with zero attached hydrogens (tertiary/aromatic N) is 1. The first kappa shape index (κ1) is 21.0. The van der Waals surface area contributed by atoms with Crippen LogP contribution < -0.4 is 25.4 Å². The standard InChI is InChI=1S/C24H30N4O3/c1-2-25-24(27-15-18-10-11-21-22(13-18)31-16-30-21)26-14-17-6-5-9-20(12-17)28-23(29)19-7-3-4-8-19/h5-6,9-13,19H,2-4,7-8,14-16H2,1H3,(H,28,29)(H2,25,26,27). The second-order valence-electron chi connectivity index (χ2n) is 7.91. The minimum absolute atomic E-state index is 0.136. The number of hydrogen-bond acceptors (Lipinski definition) is 4. The summed E-state index contributed by atoms with van der Waals surface area (Å²) in [5.74, 6) is 2.58. The smallest absolute Gasteiger partial charge is 0.231 e. The third-order valence-corrected chi connectivity index (χ3v) is 5.58. The van der Waals surface area contributed by atoms with E-state index in [4.69, 9.17) is 14.5 Å². The number of aliphatic imine (C=N–C) groups is 1. The Kier molecular flexibility index (Phi) is 6.92. The zero-order valence-electron chi connectivity index (χ0n) is 17.9. The van der Waals surface area contributed by atoms with Crippen molar-refractivity contribution in [3.63, 3.8) is 0 Å². The summed E-state index contributed by atoms with van der Waals surface area (Å²) in [6, 6.07) is 13.8. The van der Waals surface area contributed by atoms with Crippen molar-refractivity contribution >= 4 is 17.6 Å². The van der Waals surface area contributed by atoms with E-state index in [1.807, 2.05) is 49.4 Å². The fourth-order valence-corrected chi connectivity index (χ4v) is 3.93. The van der Waals surface area contributed by atoms with E-state index in [0.29, 0.717) is 13.1 Å². The molecule has 0 bridgehead atoms. The highest BCUT2D eigenvalue weighted by molar-refractivity contribution is 5.92. The van der Waals surface area contributed by atoms with Crippen molar-refractivity contribution in [1.82, 2.24) is 10.6 Å². The molecule has 1 fully saturated rings. The molecule has 2 aliphatic rings. The molecule has 3 N–H and O–H groups in total. The minimum Gasteiger partial charge on any atom is -0.454 e. The van der Waals surface area contributed by atoms with Crippen LogP contribution in [-0.4, -0.2) is 25.2 Å². The molecule has 2 aromatic carbocycles. The Balaban J connectivity index is 1.35. The Morgan fingerprint density at radius 2 is 1.87 bits per heavy atom. The summed E-state index contributed by atoms with van der Waals surface area (Å²) in [5.41, 5.74) is 2.97. The van der Waals surface area contributed by atoms with Gasteiger partial charge in [0, 0.05) is 24.7 Å². The minimum atomic E-state index is 0.136. The average Bonchev–Trinajstić information content (AvgIpc) is 3.48. The van der Waals surface area contributed by atoms with Gasteiger partial charge in [0.25, 0.3) is 0 Å². The lowest BCUT2D eigenvalue weighted by Gasteiger charge is -2.13. The molecular weight excluding hydrogens is 392 g/mol. The van der Waals surface area contributed by atoms with Crippen molar-refractivity contribution in [2.45, 2.75) is 45.7 Å². The molecule has 2 aromatic rings. The Morgan fingerprint density at radius 1 is 1.03 bits per heavy atom. The van der Waals surface area contributed by atoms with Crippen molar-refractivity contribution < 1.29 is 14.3 Å². The molecule has 7 nitrogen and oxygen atoms in total. The number of anilines is 1. The summed E-state index contributed by atoms with van der Waals surface area (Å²) in [6.45, 7) is 4.22. The molecule has 1 saturated carbocycles. The van der Waals surface area contributed by atoms with Crippen LogP contribution in [0.25, 0.3) is 0 Å². The molecule has 1 aliphatic carbocycles. The first-order chi connectivity index (χ1) is 15.2. The van der Waals surface area contributed by atoms with E-state index < -0.39 is 0 Å². The molecule has 1 heterocycles. The molecular formula is C24H30N4O3. The average molecular weight is 423 g/mol. The predicted molar refractivity (Wildman–Crippen MR) is 121 cm³/mol. The molecule has 31 heavy (non-hydrogen) atoms. The number of rotatable bonds is 7. The fourth-order valence-electron chi connectivity index (χ4n) is 3.93. The molecule has 0 saturated heterocycles. The molecule has 164 valence electrons. The van der Waals surface area contributed by atoms with Crippen molar-refractivity contribution in [2.75, 3.05) is 18.7 Å². The molecule has 7 heteroatoms. The van der Waals surface area contributed by atoms with Crippen LogP contribution in [0.1, 0.15) is 43.7 Å². The number of benzene rings is 2. The Labute approximate surface area is 183 Å². The van der Waals surface area contributed by atoms with Crippen molar-refractivity contribution in [2.24, 2.45) is 10.9 Å². The lowest BCUT2D eigenvalue weighted by atomic mass is 10.1. The van der Waals surface area contributed by atoms with Gasteiger partial charge in [0.2, 0.25) is 12.7 Å². The van der Waals surface area contributed by atoms with Gasteiger partial charge in [-0.25, -0.2) is 4.99 Å². The summed E-state index contributed by atoms with van der Waals surface area (Å²) in [5, 5.41) is 9.69. The van der Waals surface area contributed by atoms with Crippen molar-refractivity contribution in [3.8, 4) is 11.5 Å². The van der Waals surface area contributed by atoms with Gasteiger partial charge in [-0.2, -0.15) is 0 Å². The normalized spacial score (nSPS) is 15.7. The third-order valence-electron chi connectivity index (χ3n) is 5.58. The number of hydrogen-bond donors (Lipinski definition) is 3. The highest BCUT2D eigenvalue weighted by atomic mass is 16.7. The van der Waals surface area contributed by atoms with Gasteiger partial charge in [-0.15, -0.1) is 0 Å². The molecule has 4 rings (SSSR count). The van der Waals surface area contributed by atoms with E-state index in [-0.39, 0.29) is 18.6 Å². The first-order valence-corrected chi connectivity index (χ1v) is 11.0. The SMILES string of the molecule is CCNC(=NCc1cccc(NC(=O)C2CCCC2)c1)NCc1ccc2c(c1)OCO2. The Morgan fingerprint density at radius 3 is 2.71 bits per heavy atom. The molecule has 0 unspecified atom stereocenters. The number of fused-ring (bicyclic) bond motifs is 1. The number of guanidine groups is 1. The van der Waals surface area contributed by atoms with Crippen LogP contribution in [0.15, 0.2) is 47.5 Å². The lowest BCUT2D eigenvalue weighted by molar-refractivity contribution is -0.119. The van der Waals surface area contributed by atoms with Gasteiger partial charge in [0.1, 0.15) is 0 Å². The van der Waals surface area contributed by atoms with E-state index in [2.05, 4.69) is 16.0 Å². The molecule has 1 amide bonds. The van der Waals surface area contributed by atoms with Gasteiger partial charge in [-0.1, -0.05) is 31.0 Å². The van der Waals surface area contributed by atoms with Crippen LogP contribution in [0, 0.1) is 5.92 Å². The number of ether oxygens (including phenoxy) is 2. The van der Waals surface area contributed by atoms with E-state index in [9.17, 15) is 4.79 Å². The van der Waals surface area contributed by atoms with E-state index >= 15 is 0 Å². The highest BCUT2D eigenvalue weighted by Gasteiger charge is 2.22. The van der Waals surface area contributed by atoms with E-state index in [1.54, 1.807) is 0 Å². The fraction of sp³-hybridized carbons (Fsp3) is 0.417. The monoisotopic (exact) mass is 422 g/mol. The maximum atomic E-state index is 12.4. The van der Waals surface area contributed by atoms with Crippen molar-refractivity contribution in [1.29, 1.82) is 0 Å². The molecule has 0 atom stereocenters. The predicted octanol–water partition coefficient (Wildman–Crippen LogP) is 3.80.